The number of hydrogen-bond donors (Lipinski definition) is 1. The summed E-state index contributed by atoms with van der Waals surface area (Å²) in [7, 11) is 0. The van der Waals surface area contributed by atoms with Gasteiger partial charge in [0.1, 0.15) is 0 Å². The van der Waals surface area contributed by atoms with Crippen molar-refractivity contribution in [3.63, 3.8) is 0 Å². The molecule has 0 aliphatic heterocycles. The van der Waals surface area contributed by atoms with Crippen molar-refractivity contribution >= 4 is 12.4 Å². The lowest BCUT2D eigenvalue weighted by Gasteiger charge is -2.05. The second kappa shape index (κ2) is 4.53. The van der Waals surface area contributed by atoms with E-state index < -0.39 is 5.67 Å². The van der Waals surface area contributed by atoms with Gasteiger partial charge in [0.2, 0.25) is 0 Å². The van der Waals surface area contributed by atoms with Crippen LogP contribution in [0.1, 0.15) is 25.6 Å². The van der Waals surface area contributed by atoms with Gasteiger partial charge >= 0.3 is 0 Å². The zero-order chi connectivity index (χ0) is 9.19. The van der Waals surface area contributed by atoms with Crippen molar-refractivity contribution in [1.82, 2.24) is 10.1 Å². The molecule has 1 aromatic rings. The number of rotatable bonds is 3. The van der Waals surface area contributed by atoms with Gasteiger partial charge in [-0.25, -0.2) is 4.39 Å². The molecule has 0 atom stereocenters. The van der Waals surface area contributed by atoms with Crippen molar-refractivity contribution < 1.29 is 8.91 Å². The number of aromatic nitrogens is 2. The van der Waals surface area contributed by atoms with Gasteiger partial charge in [0, 0.05) is 6.42 Å². The Labute approximate surface area is 82.1 Å². The summed E-state index contributed by atoms with van der Waals surface area (Å²) in [5.74, 6) is 0.462. The average Bonchev–Trinajstić information content (AvgIpc) is 2.35. The minimum Gasteiger partial charge on any atom is -0.336 e. The Morgan fingerprint density at radius 2 is 2.15 bits per heavy atom. The van der Waals surface area contributed by atoms with E-state index in [2.05, 4.69) is 14.7 Å². The Kier molecular flexibility index (Phi) is 4.29. The van der Waals surface area contributed by atoms with Gasteiger partial charge in [0.05, 0.1) is 0 Å². The molecule has 1 heterocycles. The Morgan fingerprint density at radius 1 is 1.54 bits per heavy atom. The summed E-state index contributed by atoms with van der Waals surface area (Å²) in [5.41, 5.74) is 3.69. The topological polar surface area (TPSA) is 64.9 Å². The molecule has 0 radical (unpaired) electrons. The van der Waals surface area contributed by atoms with Crippen LogP contribution in [-0.4, -0.2) is 16.7 Å². The van der Waals surface area contributed by atoms with Gasteiger partial charge in [-0.05, 0) is 20.4 Å². The largest absolute Gasteiger partial charge is 0.336 e. The average molecular weight is 210 g/mol. The molecule has 0 aliphatic carbocycles. The summed E-state index contributed by atoms with van der Waals surface area (Å²) < 4.78 is 17.8. The highest BCUT2D eigenvalue weighted by molar-refractivity contribution is 5.85. The molecule has 0 fully saturated rings. The molecule has 13 heavy (non-hydrogen) atoms. The third-order valence-corrected chi connectivity index (χ3v) is 1.34. The predicted octanol–water partition coefficient (Wildman–Crippen LogP) is 1.20. The second-order valence-electron chi connectivity index (χ2n) is 3.03. The number of nitrogens with two attached hydrogens (primary N) is 1. The molecule has 0 aromatic carbocycles. The molecule has 4 nitrogen and oxygen atoms in total. The highest BCUT2D eigenvalue weighted by Gasteiger charge is 2.26. The van der Waals surface area contributed by atoms with Crippen LogP contribution < -0.4 is 5.73 Å². The Hall–Kier alpha value is -0.680. The minimum absolute atomic E-state index is 0. The highest BCUT2D eigenvalue weighted by atomic mass is 35.5. The lowest BCUT2D eigenvalue weighted by atomic mass is 10.2. The molecule has 0 unspecified atom stereocenters. The monoisotopic (exact) mass is 209 g/mol. The minimum atomic E-state index is -1.57. The van der Waals surface area contributed by atoms with Crippen molar-refractivity contribution in [1.29, 1.82) is 0 Å². The van der Waals surface area contributed by atoms with Crippen molar-refractivity contribution in [2.45, 2.75) is 25.9 Å². The molecule has 0 spiro atoms. The van der Waals surface area contributed by atoms with Gasteiger partial charge < -0.3 is 10.3 Å². The van der Waals surface area contributed by atoms with E-state index in [9.17, 15) is 4.39 Å². The van der Waals surface area contributed by atoms with Crippen LogP contribution in [0.2, 0.25) is 0 Å². The van der Waals surface area contributed by atoms with Gasteiger partial charge in [-0.15, -0.1) is 12.4 Å². The molecule has 0 aliphatic rings. The summed E-state index contributed by atoms with van der Waals surface area (Å²) >= 11 is 0. The van der Waals surface area contributed by atoms with E-state index in [4.69, 9.17) is 5.73 Å². The van der Waals surface area contributed by atoms with Crippen molar-refractivity contribution in [2.24, 2.45) is 5.73 Å². The number of nitrogens with zero attached hydrogens (tertiary/aromatic N) is 2. The first-order valence-corrected chi connectivity index (χ1v) is 3.76. The number of alkyl halides is 1. The zero-order valence-corrected chi connectivity index (χ0v) is 8.40. The molecule has 0 saturated carbocycles. The van der Waals surface area contributed by atoms with Crippen molar-refractivity contribution in [3.8, 4) is 0 Å². The SMILES string of the molecule is CC(C)(F)c1nc(CCN)no1.Cl. The Bertz CT molecular complexity index is 258. The van der Waals surface area contributed by atoms with Crippen LogP contribution in [0, 0.1) is 0 Å². The fraction of sp³-hybridized carbons (Fsp3) is 0.714. The van der Waals surface area contributed by atoms with Gasteiger partial charge in [-0.1, -0.05) is 5.16 Å². The van der Waals surface area contributed by atoms with E-state index in [1.807, 2.05) is 0 Å². The van der Waals surface area contributed by atoms with Crippen LogP contribution in [0.3, 0.4) is 0 Å². The first kappa shape index (κ1) is 12.3. The van der Waals surface area contributed by atoms with E-state index in [0.29, 0.717) is 18.8 Å². The van der Waals surface area contributed by atoms with E-state index >= 15 is 0 Å². The highest BCUT2D eigenvalue weighted by Crippen LogP contribution is 2.21. The normalized spacial score (nSPS) is 11.1. The maximum Gasteiger partial charge on any atom is 0.263 e. The van der Waals surface area contributed by atoms with E-state index in [1.165, 1.54) is 13.8 Å². The molecule has 6 heteroatoms. The maximum absolute atomic E-state index is 13.1. The van der Waals surface area contributed by atoms with Crippen LogP contribution in [0.25, 0.3) is 0 Å². The Balaban J connectivity index is 0.00000144. The maximum atomic E-state index is 13.1. The van der Waals surface area contributed by atoms with Crippen molar-refractivity contribution in [2.75, 3.05) is 6.54 Å². The molecule has 0 bridgehead atoms. The molecule has 1 aromatic heterocycles. The molecule has 2 N–H and O–H groups in total. The molecular formula is C7H13ClFN3O. The molecule has 1 rings (SSSR count). The van der Waals surface area contributed by atoms with Gasteiger partial charge in [0.25, 0.3) is 5.89 Å². The van der Waals surface area contributed by atoms with Gasteiger partial charge in [-0.3, -0.25) is 0 Å². The lowest BCUT2D eigenvalue weighted by molar-refractivity contribution is 0.155. The molecular weight excluding hydrogens is 197 g/mol. The molecule has 0 amide bonds. The Morgan fingerprint density at radius 3 is 2.54 bits per heavy atom. The fourth-order valence-corrected chi connectivity index (χ4v) is 0.726. The van der Waals surface area contributed by atoms with Crippen LogP contribution in [0.4, 0.5) is 4.39 Å². The van der Waals surface area contributed by atoms with Crippen LogP contribution in [0.5, 0.6) is 0 Å². The predicted molar refractivity (Wildman–Crippen MR) is 48.4 cm³/mol. The first-order chi connectivity index (χ1) is 5.54. The number of halogens is 2. The van der Waals surface area contributed by atoms with Gasteiger partial charge in [-0.2, -0.15) is 4.98 Å². The quantitative estimate of drug-likeness (QED) is 0.813. The summed E-state index contributed by atoms with van der Waals surface area (Å²) in [6, 6.07) is 0. The summed E-state index contributed by atoms with van der Waals surface area (Å²) in [5, 5.41) is 3.57. The third kappa shape index (κ3) is 3.28. The summed E-state index contributed by atoms with van der Waals surface area (Å²) in [6.45, 7) is 3.17. The molecule has 0 saturated heterocycles. The van der Waals surface area contributed by atoms with Crippen molar-refractivity contribution in [3.05, 3.63) is 11.7 Å². The third-order valence-electron chi connectivity index (χ3n) is 1.34. The standard InChI is InChI=1S/C7H12FN3O.ClH/c1-7(2,8)6-10-5(3-4-9)11-12-6;/h3-4,9H2,1-2H3;1H. The van der Waals surface area contributed by atoms with Crippen LogP contribution in [-0.2, 0) is 12.1 Å². The van der Waals surface area contributed by atoms with E-state index in [1.54, 1.807) is 0 Å². The van der Waals surface area contributed by atoms with Crippen LogP contribution >= 0.6 is 12.4 Å². The lowest BCUT2D eigenvalue weighted by Crippen LogP contribution is -2.10. The first-order valence-electron chi connectivity index (χ1n) is 3.76. The van der Waals surface area contributed by atoms with E-state index in [-0.39, 0.29) is 18.3 Å². The second-order valence-corrected chi connectivity index (χ2v) is 3.03. The summed E-state index contributed by atoms with van der Waals surface area (Å²) in [4.78, 5) is 3.84. The van der Waals surface area contributed by atoms with E-state index in [0.717, 1.165) is 0 Å². The number of hydrogen-bond acceptors (Lipinski definition) is 4. The zero-order valence-electron chi connectivity index (χ0n) is 7.58. The van der Waals surface area contributed by atoms with Gasteiger partial charge in [0.15, 0.2) is 11.5 Å². The smallest absolute Gasteiger partial charge is 0.263 e. The fourth-order valence-electron chi connectivity index (χ4n) is 0.726. The molecule has 76 valence electrons. The van der Waals surface area contributed by atoms with Crippen LogP contribution in [0.15, 0.2) is 4.52 Å². The summed E-state index contributed by atoms with van der Waals surface area (Å²) in [6.07, 6.45) is 0.513.